The molecule has 4 heteroatoms. The molecule has 0 saturated heterocycles. The first-order valence-electron chi connectivity index (χ1n) is 3.23. The molecule has 11 heavy (non-hydrogen) atoms. The number of diazo groups is 1. The molecule has 1 aromatic rings. The summed E-state index contributed by atoms with van der Waals surface area (Å²) < 4.78 is 0. The molecule has 0 spiro atoms. The second kappa shape index (κ2) is 1.86. The van der Waals surface area contributed by atoms with E-state index in [4.69, 9.17) is 5.39 Å². The van der Waals surface area contributed by atoms with Crippen LogP contribution in [-0.2, 0) is 0 Å². The Labute approximate surface area is 63.2 Å². The van der Waals surface area contributed by atoms with E-state index < -0.39 is 0 Å². The van der Waals surface area contributed by atoms with Crippen molar-refractivity contribution in [3.8, 4) is 0 Å². The summed E-state index contributed by atoms with van der Waals surface area (Å²) in [4.78, 5) is 3.05. The van der Waals surface area contributed by atoms with E-state index in [0.717, 1.165) is 16.9 Å². The predicted octanol–water partition coefficient (Wildman–Crippen LogP) is 3.21. The van der Waals surface area contributed by atoms with E-state index in [1.54, 1.807) is 12.1 Å². The van der Waals surface area contributed by atoms with Crippen molar-refractivity contribution in [2.24, 2.45) is 10.2 Å². The summed E-state index contributed by atoms with van der Waals surface area (Å²) >= 11 is 0. The number of azo groups is 1. The van der Waals surface area contributed by atoms with Crippen molar-refractivity contribution in [1.29, 1.82) is 5.39 Å². The highest BCUT2D eigenvalue weighted by atomic mass is 15.1. The van der Waals surface area contributed by atoms with Gasteiger partial charge in [0.1, 0.15) is 0 Å². The molecule has 1 heterocycles. The first-order valence-corrected chi connectivity index (χ1v) is 3.23. The van der Waals surface area contributed by atoms with Crippen LogP contribution >= 0.6 is 0 Å². The van der Waals surface area contributed by atoms with Gasteiger partial charge in [-0.15, -0.1) is 10.2 Å². The van der Waals surface area contributed by atoms with Crippen molar-refractivity contribution in [3.63, 3.8) is 0 Å². The highest BCUT2D eigenvalue weighted by Crippen LogP contribution is 2.39. The summed E-state index contributed by atoms with van der Waals surface area (Å²) in [6.07, 6.45) is 0. The van der Waals surface area contributed by atoms with Gasteiger partial charge >= 0.3 is 5.69 Å². The Balaban J connectivity index is 2.74. The zero-order valence-electron chi connectivity index (χ0n) is 5.94. The molecule has 1 aromatic carbocycles. The SMILES string of the molecule is Cc1c2cc([N+]#N)cc1N=N2. The van der Waals surface area contributed by atoms with Gasteiger partial charge in [-0.25, -0.2) is 0 Å². The molecular formula is C7H5N4+. The third kappa shape index (κ3) is 0.711. The number of fused-ring (bicyclic) bond motifs is 2. The van der Waals surface area contributed by atoms with Crippen LogP contribution in [0.15, 0.2) is 22.4 Å². The molecule has 1 aliphatic heterocycles. The van der Waals surface area contributed by atoms with Crippen LogP contribution in [0.1, 0.15) is 5.56 Å². The van der Waals surface area contributed by atoms with E-state index in [1.807, 2.05) is 6.92 Å². The Morgan fingerprint density at radius 2 is 1.82 bits per heavy atom. The van der Waals surface area contributed by atoms with Crippen molar-refractivity contribution in [3.05, 3.63) is 22.7 Å². The lowest BCUT2D eigenvalue weighted by Crippen LogP contribution is -1.67. The summed E-state index contributed by atoms with van der Waals surface area (Å²) in [7, 11) is 0. The summed E-state index contributed by atoms with van der Waals surface area (Å²) in [5, 5.41) is 16.2. The lowest BCUT2D eigenvalue weighted by atomic mass is 10.1. The van der Waals surface area contributed by atoms with Gasteiger partial charge in [0.2, 0.25) is 5.39 Å². The van der Waals surface area contributed by atoms with Crippen molar-refractivity contribution >= 4 is 17.1 Å². The Bertz CT molecular complexity index is 359. The van der Waals surface area contributed by atoms with Crippen molar-refractivity contribution < 1.29 is 0 Å². The minimum Gasteiger partial charge on any atom is -0.150 e. The van der Waals surface area contributed by atoms with Crippen LogP contribution in [0.25, 0.3) is 4.98 Å². The van der Waals surface area contributed by atoms with E-state index in [1.165, 1.54) is 0 Å². The largest absolute Gasteiger partial charge is 0.389 e. The first kappa shape index (κ1) is 5.98. The van der Waals surface area contributed by atoms with Crippen molar-refractivity contribution in [2.75, 3.05) is 0 Å². The van der Waals surface area contributed by atoms with Gasteiger partial charge in [0.15, 0.2) is 4.98 Å². The van der Waals surface area contributed by atoms with Crippen molar-refractivity contribution in [1.82, 2.24) is 0 Å². The van der Waals surface area contributed by atoms with Crippen LogP contribution in [-0.4, -0.2) is 0 Å². The predicted molar refractivity (Wildman–Crippen MR) is 40.1 cm³/mol. The Hall–Kier alpha value is -1.76. The van der Waals surface area contributed by atoms with Gasteiger partial charge in [-0.2, -0.15) is 0 Å². The average molecular weight is 145 g/mol. The van der Waals surface area contributed by atoms with E-state index >= 15 is 0 Å². The topological polar surface area (TPSA) is 52.9 Å². The molecule has 0 N–H and O–H groups in total. The first-order chi connectivity index (χ1) is 5.31. The molecule has 2 rings (SSSR count). The second-order valence-electron chi connectivity index (χ2n) is 2.41. The highest BCUT2D eigenvalue weighted by Gasteiger charge is 2.17. The molecule has 0 saturated carbocycles. The smallest absolute Gasteiger partial charge is 0.150 e. The molecule has 0 unspecified atom stereocenters. The fourth-order valence-electron chi connectivity index (χ4n) is 1.04. The normalized spacial score (nSPS) is 11.6. The Morgan fingerprint density at radius 1 is 1.27 bits per heavy atom. The van der Waals surface area contributed by atoms with Crippen LogP contribution in [0.3, 0.4) is 0 Å². The van der Waals surface area contributed by atoms with Gasteiger partial charge in [0, 0.05) is 5.56 Å². The lowest BCUT2D eigenvalue weighted by molar-refractivity contribution is 1.31. The van der Waals surface area contributed by atoms with Crippen LogP contribution in [0.2, 0.25) is 0 Å². The molecule has 0 atom stereocenters. The van der Waals surface area contributed by atoms with Gasteiger partial charge in [-0.05, 0) is 6.92 Å². The number of hydrogen-bond donors (Lipinski definition) is 0. The Morgan fingerprint density at radius 3 is 2.27 bits per heavy atom. The van der Waals surface area contributed by atoms with E-state index in [0.29, 0.717) is 5.69 Å². The fraction of sp³-hybridized carbons (Fsp3) is 0.143. The Kier molecular flexibility index (Phi) is 1.01. The average Bonchev–Trinajstić information content (AvgIpc) is 2.26. The quantitative estimate of drug-likeness (QED) is 0.525. The van der Waals surface area contributed by atoms with E-state index in [-0.39, 0.29) is 0 Å². The minimum absolute atomic E-state index is 0.505. The molecular weight excluding hydrogens is 140 g/mol. The minimum atomic E-state index is 0.505. The van der Waals surface area contributed by atoms with Crippen LogP contribution < -0.4 is 0 Å². The van der Waals surface area contributed by atoms with E-state index in [2.05, 4.69) is 15.2 Å². The summed E-state index contributed by atoms with van der Waals surface area (Å²) in [6, 6.07) is 3.38. The number of benzene rings is 1. The standard InChI is InChI=1S/C7H5N4/c1-4-6-2-5(9-8)3-7(4)11-10-6/h2-3H,1H3/q+1. The molecule has 52 valence electrons. The maximum absolute atomic E-state index is 8.45. The van der Waals surface area contributed by atoms with E-state index in [9.17, 15) is 0 Å². The summed E-state index contributed by atoms with van der Waals surface area (Å²) in [6.45, 7) is 1.94. The molecule has 0 radical (unpaired) electrons. The maximum atomic E-state index is 8.45. The van der Waals surface area contributed by atoms with Gasteiger partial charge in [0.05, 0.1) is 23.5 Å². The van der Waals surface area contributed by atoms with Crippen LogP contribution in [0.4, 0.5) is 17.1 Å². The van der Waals surface area contributed by atoms with Gasteiger partial charge < -0.3 is 0 Å². The molecule has 0 aliphatic carbocycles. The monoisotopic (exact) mass is 145 g/mol. The van der Waals surface area contributed by atoms with Crippen molar-refractivity contribution in [2.45, 2.75) is 6.92 Å². The third-order valence-corrected chi connectivity index (χ3v) is 1.72. The van der Waals surface area contributed by atoms with Gasteiger partial charge in [-0.3, -0.25) is 0 Å². The molecule has 0 amide bonds. The molecule has 1 aliphatic rings. The molecule has 4 nitrogen and oxygen atoms in total. The summed E-state index contributed by atoms with van der Waals surface area (Å²) in [5.74, 6) is 0. The maximum Gasteiger partial charge on any atom is 0.389 e. The number of nitrogens with zero attached hydrogens (tertiary/aromatic N) is 4. The molecule has 0 fully saturated rings. The second-order valence-corrected chi connectivity index (χ2v) is 2.41. The highest BCUT2D eigenvalue weighted by molar-refractivity contribution is 5.71. The third-order valence-electron chi connectivity index (χ3n) is 1.72. The summed E-state index contributed by atoms with van der Waals surface area (Å²) in [5.41, 5.74) is 3.12. The zero-order valence-corrected chi connectivity index (χ0v) is 5.94. The molecule has 2 bridgehead atoms. The number of hydrogen-bond acceptors (Lipinski definition) is 3. The van der Waals surface area contributed by atoms with Gasteiger partial charge in [0.25, 0.3) is 0 Å². The zero-order chi connectivity index (χ0) is 7.84. The lowest BCUT2D eigenvalue weighted by Gasteiger charge is -1.88. The van der Waals surface area contributed by atoms with Gasteiger partial charge in [-0.1, -0.05) is 0 Å². The fourth-order valence-corrected chi connectivity index (χ4v) is 1.04. The molecule has 0 aromatic heterocycles. The number of rotatable bonds is 0. The van der Waals surface area contributed by atoms with Crippen LogP contribution in [0.5, 0.6) is 0 Å². The van der Waals surface area contributed by atoms with Crippen LogP contribution in [0, 0.1) is 12.3 Å².